The maximum atomic E-state index is 12.3. The summed E-state index contributed by atoms with van der Waals surface area (Å²) in [5, 5.41) is 15.3. The molecule has 1 aromatic rings. The molecule has 2 atom stereocenters. The van der Waals surface area contributed by atoms with E-state index in [0.717, 1.165) is 12.1 Å². The molecule has 0 saturated carbocycles. The molecular weight excluding hydrogens is 254 g/mol. The van der Waals surface area contributed by atoms with Gasteiger partial charge in [-0.05, 0) is 25.1 Å². The lowest BCUT2D eigenvalue weighted by molar-refractivity contribution is -0.120. The first-order valence-electron chi connectivity index (χ1n) is 6.79. The van der Waals surface area contributed by atoms with Crippen LogP contribution in [0.2, 0.25) is 0 Å². The fourth-order valence-corrected chi connectivity index (χ4v) is 2.42. The van der Waals surface area contributed by atoms with Crippen LogP contribution in [0.1, 0.15) is 18.1 Å². The molecule has 1 heterocycles. The van der Waals surface area contributed by atoms with Gasteiger partial charge in [0.15, 0.2) is 0 Å². The number of hydrogen-bond acceptors (Lipinski definition) is 4. The Balaban J connectivity index is 2.12. The van der Waals surface area contributed by atoms with E-state index in [0.29, 0.717) is 24.5 Å². The summed E-state index contributed by atoms with van der Waals surface area (Å²) in [5.41, 5.74) is 1.94. The van der Waals surface area contributed by atoms with Gasteiger partial charge in [0.1, 0.15) is 6.07 Å². The molecule has 1 saturated heterocycles. The largest absolute Gasteiger partial charge is 0.379 e. The van der Waals surface area contributed by atoms with Gasteiger partial charge in [-0.25, -0.2) is 0 Å². The molecule has 0 spiro atoms. The molecule has 5 heteroatoms. The molecule has 20 heavy (non-hydrogen) atoms. The SMILES string of the molecule is CCNC1COCC1C(=O)Nc1cccc(C)c1C#N. The summed E-state index contributed by atoms with van der Waals surface area (Å²) < 4.78 is 5.37. The number of ether oxygens (including phenoxy) is 1. The maximum absolute atomic E-state index is 12.3. The zero-order valence-corrected chi connectivity index (χ0v) is 11.8. The molecule has 1 fully saturated rings. The highest BCUT2D eigenvalue weighted by Crippen LogP contribution is 2.21. The average Bonchev–Trinajstić information content (AvgIpc) is 2.88. The second-order valence-electron chi connectivity index (χ2n) is 4.91. The van der Waals surface area contributed by atoms with E-state index in [1.54, 1.807) is 6.07 Å². The lowest BCUT2D eigenvalue weighted by Crippen LogP contribution is -2.41. The van der Waals surface area contributed by atoms with Crippen LogP contribution >= 0.6 is 0 Å². The minimum absolute atomic E-state index is 0.0374. The lowest BCUT2D eigenvalue weighted by Gasteiger charge is -2.18. The van der Waals surface area contributed by atoms with Crippen molar-refractivity contribution in [3.63, 3.8) is 0 Å². The van der Waals surface area contributed by atoms with Crippen LogP contribution in [-0.4, -0.2) is 31.7 Å². The number of nitrogens with one attached hydrogen (secondary N) is 2. The van der Waals surface area contributed by atoms with E-state index >= 15 is 0 Å². The lowest BCUT2D eigenvalue weighted by atomic mass is 10.0. The summed E-state index contributed by atoms with van der Waals surface area (Å²) in [7, 11) is 0. The second kappa shape index (κ2) is 6.51. The molecule has 0 aliphatic carbocycles. The number of carbonyl (C=O) groups is 1. The summed E-state index contributed by atoms with van der Waals surface area (Å²) in [5.74, 6) is -0.322. The number of aryl methyl sites for hydroxylation is 1. The number of anilines is 1. The van der Waals surface area contributed by atoms with Gasteiger partial charge < -0.3 is 15.4 Å². The highest BCUT2D eigenvalue weighted by atomic mass is 16.5. The van der Waals surface area contributed by atoms with Crippen molar-refractivity contribution in [2.24, 2.45) is 5.92 Å². The van der Waals surface area contributed by atoms with E-state index in [2.05, 4.69) is 16.7 Å². The smallest absolute Gasteiger partial charge is 0.231 e. The van der Waals surface area contributed by atoms with Crippen LogP contribution in [0.4, 0.5) is 5.69 Å². The summed E-state index contributed by atoms with van der Waals surface area (Å²) >= 11 is 0. The summed E-state index contributed by atoms with van der Waals surface area (Å²) in [6, 6.07) is 7.61. The first-order chi connectivity index (χ1) is 9.67. The molecule has 2 N–H and O–H groups in total. The third kappa shape index (κ3) is 2.98. The number of nitrogens with zero attached hydrogens (tertiary/aromatic N) is 1. The van der Waals surface area contributed by atoms with Gasteiger partial charge in [-0.1, -0.05) is 19.1 Å². The topological polar surface area (TPSA) is 74.2 Å². The van der Waals surface area contributed by atoms with E-state index in [1.807, 2.05) is 26.0 Å². The van der Waals surface area contributed by atoms with E-state index in [9.17, 15) is 10.1 Å². The van der Waals surface area contributed by atoms with E-state index in [-0.39, 0.29) is 17.9 Å². The monoisotopic (exact) mass is 273 g/mol. The average molecular weight is 273 g/mol. The third-order valence-electron chi connectivity index (χ3n) is 3.53. The van der Waals surface area contributed by atoms with E-state index in [4.69, 9.17) is 4.74 Å². The molecular formula is C15H19N3O2. The van der Waals surface area contributed by atoms with Crippen molar-refractivity contribution in [2.45, 2.75) is 19.9 Å². The standard InChI is InChI=1S/C15H19N3O2/c1-3-17-14-9-20-8-12(14)15(19)18-13-6-4-5-10(2)11(13)7-16/h4-6,12,14,17H,3,8-9H2,1-2H3,(H,18,19). The number of likely N-dealkylation sites (N-methyl/N-ethyl adjacent to an activating group) is 1. The fourth-order valence-electron chi connectivity index (χ4n) is 2.42. The Morgan fingerprint density at radius 1 is 1.50 bits per heavy atom. The molecule has 0 bridgehead atoms. The van der Waals surface area contributed by atoms with E-state index < -0.39 is 0 Å². The van der Waals surface area contributed by atoms with Crippen LogP contribution in [0, 0.1) is 24.2 Å². The van der Waals surface area contributed by atoms with Crippen molar-refractivity contribution in [2.75, 3.05) is 25.1 Å². The van der Waals surface area contributed by atoms with E-state index in [1.165, 1.54) is 0 Å². The first-order valence-corrected chi connectivity index (χ1v) is 6.79. The Bertz CT molecular complexity index is 536. The second-order valence-corrected chi connectivity index (χ2v) is 4.91. The molecule has 106 valence electrons. The minimum atomic E-state index is -0.220. The summed E-state index contributed by atoms with van der Waals surface area (Å²) in [4.78, 5) is 12.3. The molecule has 0 radical (unpaired) electrons. The van der Waals surface area contributed by atoms with Crippen molar-refractivity contribution in [3.8, 4) is 6.07 Å². The van der Waals surface area contributed by atoms with Crippen LogP contribution in [-0.2, 0) is 9.53 Å². The minimum Gasteiger partial charge on any atom is -0.379 e. The third-order valence-corrected chi connectivity index (χ3v) is 3.53. The van der Waals surface area contributed by atoms with Gasteiger partial charge in [0.05, 0.1) is 30.4 Å². The van der Waals surface area contributed by atoms with Crippen molar-refractivity contribution in [1.29, 1.82) is 5.26 Å². The Hall–Kier alpha value is -1.90. The molecule has 1 aliphatic heterocycles. The van der Waals surface area contributed by atoms with Crippen molar-refractivity contribution in [1.82, 2.24) is 5.32 Å². The van der Waals surface area contributed by atoms with Gasteiger partial charge >= 0.3 is 0 Å². The quantitative estimate of drug-likeness (QED) is 0.870. The summed E-state index contributed by atoms with van der Waals surface area (Å²) in [6.45, 7) is 5.61. The number of hydrogen-bond donors (Lipinski definition) is 2. The zero-order chi connectivity index (χ0) is 14.5. The Kier molecular flexibility index (Phi) is 4.72. The Labute approximate surface area is 118 Å². The van der Waals surface area contributed by atoms with Crippen molar-refractivity contribution in [3.05, 3.63) is 29.3 Å². The van der Waals surface area contributed by atoms with Gasteiger partial charge in [0, 0.05) is 6.04 Å². The maximum Gasteiger partial charge on any atom is 0.231 e. The van der Waals surface area contributed by atoms with Crippen LogP contribution in [0.15, 0.2) is 18.2 Å². The number of rotatable bonds is 4. The van der Waals surface area contributed by atoms with Gasteiger partial charge in [0.25, 0.3) is 0 Å². The Morgan fingerprint density at radius 2 is 2.30 bits per heavy atom. The molecule has 2 unspecified atom stereocenters. The van der Waals surface area contributed by atoms with Gasteiger partial charge in [0.2, 0.25) is 5.91 Å². The first kappa shape index (κ1) is 14.5. The zero-order valence-electron chi connectivity index (χ0n) is 11.8. The number of nitriles is 1. The predicted molar refractivity (Wildman–Crippen MR) is 76.3 cm³/mol. The molecule has 1 amide bonds. The van der Waals surface area contributed by atoms with Crippen LogP contribution in [0.3, 0.4) is 0 Å². The molecule has 5 nitrogen and oxygen atoms in total. The molecule has 1 aliphatic rings. The molecule has 2 rings (SSSR count). The number of carbonyl (C=O) groups excluding carboxylic acids is 1. The van der Waals surface area contributed by atoms with Gasteiger partial charge in [-0.15, -0.1) is 0 Å². The van der Waals surface area contributed by atoms with Gasteiger partial charge in [-0.3, -0.25) is 4.79 Å². The van der Waals surface area contributed by atoms with Crippen LogP contribution in [0.5, 0.6) is 0 Å². The van der Waals surface area contributed by atoms with Crippen LogP contribution < -0.4 is 10.6 Å². The summed E-state index contributed by atoms with van der Waals surface area (Å²) in [6.07, 6.45) is 0. The number of benzene rings is 1. The van der Waals surface area contributed by atoms with Crippen molar-refractivity contribution < 1.29 is 9.53 Å². The van der Waals surface area contributed by atoms with Crippen molar-refractivity contribution >= 4 is 11.6 Å². The predicted octanol–water partition coefficient (Wildman–Crippen LogP) is 1.43. The Morgan fingerprint density at radius 3 is 3.00 bits per heavy atom. The van der Waals surface area contributed by atoms with Crippen LogP contribution in [0.25, 0.3) is 0 Å². The number of amides is 1. The normalized spacial score (nSPS) is 21.4. The highest BCUT2D eigenvalue weighted by Gasteiger charge is 2.33. The molecule has 0 aromatic heterocycles. The highest BCUT2D eigenvalue weighted by molar-refractivity contribution is 5.94. The van der Waals surface area contributed by atoms with Gasteiger partial charge in [-0.2, -0.15) is 5.26 Å². The molecule has 1 aromatic carbocycles. The fraction of sp³-hybridized carbons (Fsp3) is 0.467.